The zero-order valence-electron chi connectivity index (χ0n) is 6.69. The van der Waals surface area contributed by atoms with Crippen molar-refractivity contribution in [2.24, 2.45) is 5.73 Å². The maximum Gasteiger partial charge on any atom is 0.175 e. The third-order valence-electron chi connectivity index (χ3n) is 1.43. The zero-order chi connectivity index (χ0) is 9.19. The molecule has 2 N–H and O–H groups in total. The van der Waals surface area contributed by atoms with Crippen LogP contribution in [0.2, 0.25) is 0 Å². The molecule has 1 aromatic rings. The molecule has 0 saturated heterocycles. The average Bonchev–Trinajstić information content (AvgIpc) is 2.03. The molecule has 0 atom stereocenters. The van der Waals surface area contributed by atoms with Gasteiger partial charge in [0.1, 0.15) is 0 Å². The summed E-state index contributed by atoms with van der Waals surface area (Å²) >= 11 is 0. The van der Waals surface area contributed by atoms with Crippen LogP contribution in [0.15, 0.2) is 23.2 Å². The van der Waals surface area contributed by atoms with E-state index in [1.807, 2.05) is 0 Å². The van der Waals surface area contributed by atoms with Gasteiger partial charge in [-0.25, -0.2) is 8.42 Å². The number of hydrogen-bond acceptors (Lipinski definition) is 4. The third kappa shape index (κ3) is 2.02. The fourth-order valence-corrected chi connectivity index (χ4v) is 1.46. The molecule has 0 radical (unpaired) electrons. The number of sulfone groups is 1. The van der Waals surface area contributed by atoms with Gasteiger partial charge in [-0.05, 0) is 12.1 Å². The zero-order valence-corrected chi connectivity index (χ0v) is 7.50. The summed E-state index contributed by atoms with van der Waals surface area (Å²) in [5.41, 5.74) is 5.89. The molecule has 1 heterocycles. The van der Waals surface area contributed by atoms with Gasteiger partial charge < -0.3 is 5.73 Å². The molecular weight excluding hydrogens is 176 g/mol. The van der Waals surface area contributed by atoms with Crippen LogP contribution in [-0.2, 0) is 16.4 Å². The smallest absolute Gasteiger partial charge is 0.175 e. The van der Waals surface area contributed by atoms with Gasteiger partial charge in [-0.2, -0.15) is 0 Å². The van der Waals surface area contributed by atoms with E-state index in [4.69, 9.17) is 5.73 Å². The van der Waals surface area contributed by atoms with E-state index >= 15 is 0 Å². The molecule has 0 aliphatic carbocycles. The lowest BCUT2D eigenvalue weighted by Gasteiger charge is -1.99. The molecule has 4 nitrogen and oxygen atoms in total. The monoisotopic (exact) mass is 186 g/mol. The van der Waals surface area contributed by atoms with E-state index in [1.54, 1.807) is 0 Å². The molecule has 0 saturated carbocycles. The molecule has 0 amide bonds. The molecule has 1 aromatic heterocycles. The lowest BCUT2D eigenvalue weighted by molar-refractivity contribution is 0.601. The van der Waals surface area contributed by atoms with Crippen LogP contribution in [0.3, 0.4) is 0 Å². The highest BCUT2D eigenvalue weighted by Gasteiger charge is 2.06. The van der Waals surface area contributed by atoms with Crippen molar-refractivity contribution in [3.05, 3.63) is 24.0 Å². The first kappa shape index (κ1) is 9.15. The largest absolute Gasteiger partial charge is 0.325 e. The Bertz CT molecular complexity index is 373. The predicted molar refractivity (Wildman–Crippen MR) is 45.2 cm³/mol. The summed E-state index contributed by atoms with van der Waals surface area (Å²) in [7, 11) is -3.13. The van der Waals surface area contributed by atoms with Crippen molar-refractivity contribution < 1.29 is 8.42 Å². The van der Waals surface area contributed by atoms with Crippen LogP contribution in [0.4, 0.5) is 0 Å². The van der Waals surface area contributed by atoms with E-state index in [0.29, 0.717) is 5.69 Å². The molecule has 5 heteroatoms. The van der Waals surface area contributed by atoms with Crippen molar-refractivity contribution in [1.82, 2.24) is 4.98 Å². The summed E-state index contributed by atoms with van der Waals surface area (Å²) in [5, 5.41) is 0. The van der Waals surface area contributed by atoms with Gasteiger partial charge in [-0.15, -0.1) is 0 Å². The molecule has 12 heavy (non-hydrogen) atoms. The summed E-state index contributed by atoms with van der Waals surface area (Å²) in [5.74, 6) is 0. The standard InChI is InChI=1S/C7H10N2O2S/c1-12(10,11)7-2-3-9-6(4-7)5-8/h2-4H,5,8H2,1H3. The minimum Gasteiger partial charge on any atom is -0.325 e. The number of pyridine rings is 1. The Morgan fingerprint density at radius 1 is 1.58 bits per heavy atom. The minimum atomic E-state index is -3.13. The first-order chi connectivity index (χ1) is 5.54. The van der Waals surface area contributed by atoms with Gasteiger partial charge in [0.25, 0.3) is 0 Å². The van der Waals surface area contributed by atoms with Crippen molar-refractivity contribution in [2.45, 2.75) is 11.4 Å². The van der Waals surface area contributed by atoms with E-state index in [-0.39, 0.29) is 11.4 Å². The Balaban J connectivity index is 3.20. The Kier molecular flexibility index (Phi) is 2.44. The number of nitrogens with two attached hydrogens (primary N) is 1. The fourth-order valence-electron chi connectivity index (χ4n) is 0.798. The van der Waals surface area contributed by atoms with Crippen LogP contribution in [0.25, 0.3) is 0 Å². The molecule has 0 aliphatic heterocycles. The Morgan fingerprint density at radius 2 is 2.25 bits per heavy atom. The normalized spacial score (nSPS) is 11.5. The summed E-state index contributed by atoms with van der Waals surface area (Å²) in [6.45, 7) is 0.253. The number of nitrogens with zero attached hydrogens (tertiary/aromatic N) is 1. The highest BCUT2D eigenvalue weighted by molar-refractivity contribution is 7.90. The van der Waals surface area contributed by atoms with Gasteiger partial charge in [0.2, 0.25) is 0 Å². The quantitative estimate of drug-likeness (QED) is 0.702. The van der Waals surface area contributed by atoms with E-state index in [1.165, 1.54) is 18.3 Å². The highest BCUT2D eigenvalue weighted by atomic mass is 32.2. The Labute approximate surface area is 71.3 Å². The maximum atomic E-state index is 11.0. The second-order valence-corrected chi connectivity index (χ2v) is 4.47. The van der Waals surface area contributed by atoms with Gasteiger partial charge >= 0.3 is 0 Å². The van der Waals surface area contributed by atoms with Gasteiger partial charge in [0.05, 0.1) is 10.6 Å². The van der Waals surface area contributed by atoms with E-state index < -0.39 is 9.84 Å². The van der Waals surface area contributed by atoms with Crippen LogP contribution >= 0.6 is 0 Å². The summed E-state index contributed by atoms with van der Waals surface area (Å²) < 4.78 is 22.1. The topological polar surface area (TPSA) is 73.0 Å². The van der Waals surface area contributed by atoms with Gasteiger partial charge in [0.15, 0.2) is 9.84 Å². The first-order valence-corrected chi connectivity index (χ1v) is 5.28. The van der Waals surface area contributed by atoms with Gasteiger partial charge in [-0.3, -0.25) is 4.98 Å². The Hall–Kier alpha value is -0.940. The van der Waals surface area contributed by atoms with Crippen LogP contribution in [0, 0.1) is 0 Å². The molecule has 66 valence electrons. The summed E-state index contributed by atoms with van der Waals surface area (Å²) in [6, 6.07) is 2.93. The number of aromatic nitrogens is 1. The van der Waals surface area contributed by atoms with Crippen molar-refractivity contribution in [1.29, 1.82) is 0 Å². The first-order valence-electron chi connectivity index (χ1n) is 3.39. The second-order valence-electron chi connectivity index (χ2n) is 2.46. The summed E-state index contributed by atoms with van der Waals surface area (Å²) in [4.78, 5) is 4.14. The SMILES string of the molecule is CS(=O)(=O)c1ccnc(CN)c1. The second kappa shape index (κ2) is 3.20. The molecule has 0 bridgehead atoms. The van der Waals surface area contributed by atoms with Crippen molar-refractivity contribution in [3.8, 4) is 0 Å². The highest BCUT2D eigenvalue weighted by Crippen LogP contribution is 2.07. The fraction of sp³-hybridized carbons (Fsp3) is 0.286. The molecule has 0 aromatic carbocycles. The number of rotatable bonds is 2. The van der Waals surface area contributed by atoms with Gasteiger partial charge in [-0.1, -0.05) is 0 Å². The van der Waals surface area contributed by atoms with Crippen molar-refractivity contribution in [3.63, 3.8) is 0 Å². The summed E-state index contributed by atoms with van der Waals surface area (Å²) in [6.07, 6.45) is 2.60. The van der Waals surface area contributed by atoms with Crippen LogP contribution in [-0.4, -0.2) is 19.7 Å². The maximum absolute atomic E-state index is 11.0. The molecule has 0 aliphatic rings. The molecule has 0 fully saturated rings. The third-order valence-corrected chi connectivity index (χ3v) is 2.54. The van der Waals surface area contributed by atoms with Crippen LogP contribution in [0.1, 0.15) is 5.69 Å². The molecular formula is C7H10N2O2S. The molecule has 0 unspecified atom stereocenters. The molecule has 1 rings (SSSR count). The number of hydrogen-bond donors (Lipinski definition) is 1. The van der Waals surface area contributed by atoms with Gasteiger partial charge in [0, 0.05) is 19.0 Å². The Morgan fingerprint density at radius 3 is 2.75 bits per heavy atom. The van der Waals surface area contributed by atoms with Crippen molar-refractivity contribution >= 4 is 9.84 Å². The van der Waals surface area contributed by atoms with E-state index in [9.17, 15) is 8.42 Å². The minimum absolute atomic E-state index is 0.253. The lowest BCUT2D eigenvalue weighted by atomic mass is 10.3. The average molecular weight is 186 g/mol. The van der Waals surface area contributed by atoms with E-state index in [2.05, 4.69) is 4.98 Å². The van der Waals surface area contributed by atoms with E-state index in [0.717, 1.165) is 6.26 Å². The molecule has 0 spiro atoms. The van der Waals surface area contributed by atoms with Crippen LogP contribution in [0.5, 0.6) is 0 Å². The predicted octanol–water partition coefficient (Wildman–Crippen LogP) is -0.0562. The lowest BCUT2D eigenvalue weighted by Crippen LogP contribution is -2.03. The van der Waals surface area contributed by atoms with Crippen molar-refractivity contribution in [2.75, 3.05) is 6.26 Å². The van der Waals surface area contributed by atoms with Crippen LogP contribution < -0.4 is 5.73 Å².